The molecule has 0 radical (unpaired) electrons. The molecule has 1 aliphatic rings. The number of carbonyl (C=O) groups excluding carboxylic acids is 1. The first-order chi connectivity index (χ1) is 8.79. The van der Waals surface area contributed by atoms with Crippen molar-refractivity contribution in [2.75, 3.05) is 20.1 Å². The van der Waals surface area contributed by atoms with Gasteiger partial charge in [0, 0.05) is 19.1 Å². The predicted octanol–water partition coefficient (Wildman–Crippen LogP) is 2.01. The molecule has 4 nitrogen and oxygen atoms in total. The molecule has 0 saturated carbocycles. The van der Waals surface area contributed by atoms with E-state index in [2.05, 4.69) is 5.32 Å². The second kappa shape index (κ2) is 6.40. The molecule has 4 heteroatoms. The third-order valence-electron chi connectivity index (χ3n) is 3.29. The fourth-order valence-corrected chi connectivity index (χ4v) is 2.19. The van der Waals surface area contributed by atoms with E-state index >= 15 is 0 Å². The molecule has 1 aromatic rings. The average Bonchev–Trinajstić information content (AvgIpc) is 2.46. The highest BCUT2D eigenvalue weighted by molar-refractivity contribution is 5.67. The van der Waals surface area contributed by atoms with Gasteiger partial charge in [-0.1, -0.05) is 30.3 Å². The largest absolute Gasteiger partial charge is 0.445 e. The Kier molecular flexibility index (Phi) is 4.59. The summed E-state index contributed by atoms with van der Waals surface area (Å²) in [5.74, 6) is 0. The topological polar surface area (TPSA) is 41.6 Å². The van der Waals surface area contributed by atoms with Crippen LogP contribution in [0.2, 0.25) is 0 Å². The van der Waals surface area contributed by atoms with E-state index in [1.54, 1.807) is 4.90 Å². The molecule has 0 bridgehead atoms. The number of nitrogens with one attached hydrogen (secondary N) is 1. The number of piperidine rings is 1. The van der Waals surface area contributed by atoms with Crippen molar-refractivity contribution in [1.82, 2.24) is 10.2 Å². The van der Waals surface area contributed by atoms with Crippen molar-refractivity contribution in [2.45, 2.75) is 25.5 Å². The Morgan fingerprint density at radius 3 is 2.94 bits per heavy atom. The van der Waals surface area contributed by atoms with Crippen LogP contribution < -0.4 is 5.32 Å². The highest BCUT2D eigenvalue weighted by Gasteiger charge is 2.23. The van der Waals surface area contributed by atoms with E-state index in [4.69, 9.17) is 4.74 Å². The molecule has 1 atom stereocenters. The first kappa shape index (κ1) is 12.9. The van der Waals surface area contributed by atoms with E-state index in [0.717, 1.165) is 31.5 Å². The Morgan fingerprint density at radius 2 is 2.22 bits per heavy atom. The molecule has 1 saturated heterocycles. The van der Waals surface area contributed by atoms with Crippen LogP contribution in [0, 0.1) is 0 Å². The highest BCUT2D eigenvalue weighted by Crippen LogP contribution is 2.11. The van der Waals surface area contributed by atoms with Gasteiger partial charge in [-0.15, -0.1) is 0 Å². The minimum Gasteiger partial charge on any atom is -0.445 e. The van der Waals surface area contributed by atoms with E-state index in [-0.39, 0.29) is 6.09 Å². The Bertz CT molecular complexity index is 381. The third kappa shape index (κ3) is 3.47. The number of nitrogens with zero attached hydrogens (tertiary/aromatic N) is 1. The van der Waals surface area contributed by atoms with Crippen LogP contribution in [0.1, 0.15) is 18.4 Å². The zero-order valence-corrected chi connectivity index (χ0v) is 10.8. The van der Waals surface area contributed by atoms with E-state index < -0.39 is 0 Å². The summed E-state index contributed by atoms with van der Waals surface area (Å²) >= 11 is 0. The third-order valence-corrected chi connectivity index (χ3v) is 3.29. The van der Waals surface area contributed by atoms with Crippen molar-refractivity contribution in [3.63, 3.8) is 0 Å². The van der Waals surface area contributed by atoms with Crippen molar-refractivity contribution in [3.05, 3.63) is 35.9 Å². The zero-order valence-electron chi connectivity index (χ0n) is 10.8. The summed E-state index contributed by atoms with van der Waals surface area (Å²) in [5.41, 5.74) is 1.02. The molecule has 0 spiro atoms. The average molecular weight is 248 g/mol. The monoisotopic (exact) mass is 248 g/mol. The van der Waals surface area contributed by atoms with Gasteiger partial charge in [-0.25, -0.2) is 4.79 Å². The molecule has 1 aromatic carbocycles. The lowest BCUT2D eigenvalue weighted by Crippen LogP contribution is -2.47. The lowest BCUT2D eigenvalue weighted by molar-refractivity contribution is 0.0840. The fraction of sp³-hybridized carbons (Fsp3) is 0.500. The second-order valence-corrected chi connectivity index (χ2v) is 4.61. The number of hydrogen-bond acceptors (Lipinski definition) is 3. The summed E-state index contributed by atoms with van der Waals surface area (Å²) in [6.07, 6.45) is 1.95. The van der Waals surface area contributed by atoms with Crippen LogP contribution in [-0.4, -0.2) is 37.2 Å². The van der Waals surface area contributed by atoms with Gasteiger partial charge in [0.2, 0.25) is 0 Å². The molecule has 1 heterocycles. The van der Waals surface area contributed by atoms with Crippen molar-refractivity contribution in [1.29, 1.82) is 0 Å². The molecule has 0 unspecified atom stereocenters. The van der Waals surface area contributed by atoms with Crippen LogP contribution in [0.5, 0.6) is 0 Å². The minimum absolute atomic E-state index is 0.209. The molecular weight excluding hydrogens is 228 g/mol. The smallest absolute Gasteiger partial charge is 0.410 e. The van der Waals surface area contributed by atoms with Crippen molar-refractivity contribution in [2.24, 2.45) is 0 Å². The van der Waals surface area contributed by atoms with Crippen LogP contribution >= 0.6 is 0 Å². The Labute approximate surface area is 108 Å². The van der Waals surface area contributed by atoms with Gasteiger partial charge in [0.15, 0.2) is 0 Å². The number of amides is 1. The fourth-order valence-electron chi connectivity index (χ4n) is 2.19. The molecule has 1 fully saturated rings. The van der Waals surface area contributed by atoms with Crippen LogP contribution in [0.4, 0.5) is 4.79 Å². The van der Waals surface area contributed by atoms with Crippen LogP contribution in [0.3, 0.4) is 0 Å². The van der Waals surface area contributed by atoms with Gasteiger partial charge in [0.05, 0.1) is 0 Å². The Morgan fingerprint density at radius 1 is 1.44 bits per heavy atom. The molecule has 98 valence electrons. The SMILES string of the molecule is CN[C@H]1CCCN(C(=O)OCc2ccccc2)C1. The van der Waals surface area contributed by atoms with Gasteiger partial charge in [-0.3, -0.25) is 0 Å². The first-order valence-corrected chi connectivity index (χ1v) is 6.42. The van der Waals surface area contributed by atoms with Crippen LogP contribution in [0.15, 0.2) is 30.3 Å². The number of carbonyl (C=O) groups is 1. The molecule has 2 rings (SSSR count). The lowest BCUT2D eigenvalue weighted by atomic mass is 10.1. The molecular formula is C14H20N2O2. The Balaban J connectivity index is 1.81. The van der Waals surface area contributed by atoms with Gasteiger partial charge in [0.1, 0.15) is 6.61 Å². The molecule has 18 heavy (non-hydrogen) atoms. The minimum atomic E-state index is -0.209. The number of hydrogen-bond donors (Lipinski definition) is 1. The van der Waals surface area contributed by atoms with Gasteiger partial charge in [0.25, 0.3) is 0 Å². The molecule has 1 aliphatic heterocycles. The Hall–Kier alpha value is -1.55. The number of rotatable bonds is 3. The maximum Gasteiger partial charge on any atom is 0.410 e. The van der Waals surface area contributed by atoms with Crippen molar-refractivity contribution < 1.29 is 9.53 Å². The maximum atomic E-state index is 11.9. The molecule has 1 N–H and O–H groups in total. The molecule has 0 aromatic heterocycles. The van der Waals surface area contributed by atoms with Gasteiger partial charge in [-0.2, -0.15) is 0 Å². The lowest BCUT2D eigenvalue weighted by Gasteiger charge is -2.31. The van der Waals surface area contributed by atoms with Crippen LogP contribution in [0.25, 0.3) is 0 Å². The van der Waals surface area contributed by atoms with Gasteiger partial charge < -0.3 is 15.0 Å². The summed E-state index contributed by atoms with van der Waals surface area (Å²) in [5, 5.41) is 3.21. The normalized spacial score (nSPS) is 19.6. The highest BCUT2D eigenvalue weighted by atomic mass is 16.6. The summed E-state index contributed by atoms with van der Waals surface area (Å²) in [6.45, 7) is 1.89. The molecule has 1 amide bonds. The summed E-state index contributed by atoms with van der Waals surface area (Å²) in [7, 11) is 1.93. The number of likely N-dealkylation sites (tertiary alicyclic amines) is 1. The van der Waals surface area contributed by atoms with E-state index in [0.29, 0.717) is 12.6 Å². The quantitative estimate of drug-likeness (QED) is 0.889. The maximum absolute atomic E-state index is 11.9. The second-order valence-electron chi connectivity index (χ2n) is 4.61. The van der Waals surface area contributed by atoms with E-state index in [1.165, 1.54) is 0 Å². The van der Waals surface area contributed by atoms with Gasteiger partial charge in [-0.05, 0) is 25.5 Å². The standard InChI is InChI=1S/C14H20N2O2/c1-15-13-8-5-9-16(10-13)14(17)18-11-12-6-3-2-4-7-12/h2-4,6-7,13,15H,5,8-11H2,1H3/t13-/m0/s1. The molecule has 0 aliphatic carbocycles. The van der Waals surface area contributed by atoms with Crippen molar-refractivity contribution in [3.8, 4) is 0 Å². The predicted molar refractivity (Wildman–Crippen MR) is 70.3 cm³/mol. The first-order valence-electron chi connectivity index (χ1n) is 6.42. The number of benzene rings is 1. The van der Waals surface area contributed by atoms with Crippen molar-refractivity contribution >= 4 is 6.09 Å². The van der Waals surface area contributed by atoms with E-state index in [1.807, 2.05) is 37.4 Å². The zero-order chi connectivity index (χ0) is 12.8. The number of likely N-dealkylation sites (N-methyl/N-ethyl adjacent to an activating group) is 1. The van der Waals surface area contributed by atoms with E-state index in [9.17, 15) is 4.79 Å². The summed E-state index contributed by atoms with van der Waals surface area (Å²) < 4.78 is 5.32. The van der Waals surface area contributed by atoms with Gasteiger partial charge >= 0.3 is 6.09 Å². The summed E-state index contributed by atoms with van der Waals surface area (Å²) in [4.78, 5) is 13.7. The number of ether oxygens (including phenoxy) is 1. The van der Waals surface area contributed by atoms with Crippen LogP contribution in [-0.2, 0) is 11.3 Å². The summed E-state index contributed by atoms with van der Waals surface area (Å²) in [6, 6.07) is 10.2.